The van der Waals surface area contributed by atoms with Crippen LogP contribution in [0.5, 0.6) is 0 Å². The Labute approximate surface area is 257 Å². The summed E-state index contributed by atoms with van der Waals surface area (Å²) in [5.74, 6) is 0. The van der Waals surface area contributed by atoms with Crippen LogP contribution < -0.4 is 4.90 Å². The zero-order valence-electron chi connectivity index (χ0n) is 22.1. The molecule has 7 rings (SSSR count). The minimum atomic E-state index is 1.05. The molecule has 41 heavy (non-hydrogen) atoms. The van der Waals surface area contributed by atoms with Crippen molar-refractivity contribution < 1.29 is 0 Å². The van der Waals surface area contributed by atoms with Crippen LogP contribution in [-0.4, -0.2) is 0 Å². The summed E-state index contributed by atoms with van der Waals surface area (Å²) in [5.41, 5.74) is 7.91. The first kappa shape index (κ1) is 25.8. The minimum Gasteiger partial charge on any atom is -0.307 e. The van der Waals surface area contributed by atoms with Gasteiger partial charge in [0.25, 0.3) is 0 Å². The lowest BCUT2D eigenvalue weighted by molar-refractivity contribution is 1.28. The highest BCUT2D eigenvalue weighted by Gasteiger charge is 2.26. The molecule has 3 heteroatoms. The summed E-state index contributed by atoms with van der Waals surface area (Å²) in [6, 6.07) is 53.9. The summed E-state index contributed by atoms with van der Waals surface area (Å²) >= 11 is 8.11. The van der Waals surface area contributed by atoms with Gasteiger partial charge in [-0.25, -0.2) is 0 Å². The molecule has 0 unspecified atom stereocenters. The second kappa shape index (κ2) is 11.0. The Kier molecular flexibility index (Phi) is 6.92. The number of fused-ring (bicyclic) bond motifs is 2. The highest BCUT2D eigenvalue weighted by Crippen LogP contribution is 2.51. The molecule has 0 atom stereocenters. The lowest BCUT2D eigenvalue weighted by Crippen LogP contribution is -2.14. The zero-order valence-corrected chi connectivity index (χ0v) is 25.3. The van der Waals surface area contributed by atoms with E-state index in [1.165, 1.54) is 32.7 Å². The lowest BCUT2D eigenvalue weighted by Gasteiger charge is -2.32. The third-order valence-corrected chi connectivity index (χ3v) is 9.26. The van der Waals surface area contributed by atoms with Gasteiger partial charge in [0.1, 0.15) is 0 Å². The topological polar surface area (TPSA) is 3.24 Å². The smallest absolute Gasteiger partial charge is 0.0619 e. The second-order valence-electron chi connectivity index (χ2n) is 10.0. The Hall–Kier alpha value is -4.18. The van der Waals surface area contributed by atoms with Crippen molar-refractivity contribution in [1.29, 1.82) is 0 Å². The van der Waals surface area contributed by atoms with Crippen molar-refractivity contribution in [2.24, 2.45) is 0 Å². The summed E-state index contributed by atoms with van der Waals surface area (Å²) in [6.07, 6.45) is 0. The number of para-hydroxylation sites is 1. The number of hydrogen-bond donors (Lipinski definition) is 0. The molecule has 0 saturated carbocycles. The van der Waals surface area contributed by atoms with Gasteiger partial charge in [-0.3, -0.25) is 0 Å². The Balaban J connectivity index is 1.62. The predicted octanol–water partition coefficient (Wildman–Crippen LogP) is 12.3. The van der Waals surface area contributed by atoms with E-state index in [1.807, 2.05) is 0 Å². The highest BCUT2D eigenvalue weighted by atomic mass is 79.9. The molecule has 1 nitrogen and oxygen atoms in total. The van der Waals surface area contributed by atoms with E-state index in [-0.39, 0.29) is 0 Å². The summed E-state index contributed by atoms with van der Waals surface area (Å²) in [7, 11) is 0. The molecule has 0 aliphatic rings. The molecule has 0 heterocycles. The van der Waals surface area contributed by atoms with Crippen LogP contribution in [0.25, 0.3) is 43.8 Å². The van der Waals surface area contributed by atoms with Gasteiger partial charge in [0, 0.05) is 20.1 Å². The molecule has 0 aliphatic heterocycles. The van der Waals surface area contributed by atoms with Gasteiger partial charge in [-0.1, -0.05) is 140 Å². The van der Waals surface area contributed by atoms with Crippen LogP contribution in [0.2, 0.25) is 0 Å². The van der Waals surface area contributed by atoms with Gasteiger partial charge in [0.05, 0.1) is 17.1 Å². The molecular weight excluding hydrogens is 630 g/mol. The van der Waals surface area contributed by atoms with Gasteiger partial charge in [-0.2, -0.15) is 0 Å². The number of anilines is 3. The summed E-state index contributed by atoms with van der Waals surface area (Å²) < 4.78 is 2.11. The molecule has 7 aromatic carbocycles. The van der Waals surface area contributed by atoms with E-state index in [1.54, 1.807) is 0 Å². The van der Waals surface area contributed by atoms with Gasteiger partial charge < -0.3 is 4.90 Å². The van der Waals surface area contributed by atoms with E-state index in [9.17, 15) is 0 Å². The largest absolute Gasteiger partial charge is 0.307 e. The maximum Gasteiger partial charge on any atom is 0.0619 e. The number of hydrogen-bond acceptors (Lipinski definition) is 1. The van der Waals surface area contributed by atoms with Crippen molar-refractivity contribution in [3.63, 3.8) is 0 Å². The lowest BCUT2D eigenvalue weighted by atomic mass is 9.94. The summed E-state index contributed by atoms with van der Waals surface area (Å²) in [5, 5.41) is 4.73. The van der Waals surface area contributed by atoms with Crippen LogP contribution in [-0.2, 0) is 0 Å². The molecule has 0 radical (unpaired) electrons. The average molecular weight is 655 g/mol. The standard InChI is InChI=1S/C38H25Br2N/c39-36-30-18-9-7-16-28(30)22-24-34(36)41(35-25-23-29-17-8-10-19-31(29)37(35)40)38-32(26-12-3-1-4-13-26)20-11-21-33(38)27-14-5-2-6-15-27/h1-25H. The molecule has 0 spiro atoms. The summed E-state index contributed by atoms with van der Waals surface area (Å²) in [4.78, 5) is 2.41. The molecule has 196 valence electrons. The van der Waals surface area contributed by atoms with Crippen molar-refractivity contribution >= 4 is 70.5 Å². The molecule has 0 aliphatic carbocycles. The number of benzene rings is 7. The number of halogens is 2. The van der Waals surface area contributed by atoms with Crippen LogP contribution >= 0.6 is 31.9 Å². The predicted molar refractivity (Wildman–Crippen MR) is 182 cm³/mol. The van der Waals surface area contributed by atoms with Crippen molar-refractivity contribution in [1.82, 2.24) is 0 Å². The first-order chi connectivity index (χ1) is 20.2. The minimum absolute atomic E-state index is 1.05. The van der Waals surface area contributed by atoms with Gasteiger partial charge >= 0.3 is 0 Å². The fourth-order valence-electron chi connectivity index (χ4n) is 5.65. The van der Waals surface area contributed by atoms with Crippen LogP contribution in [0.15, 0.2) is 161 Å². The third-order valence-electron chi connectivity index (χ3n) is 7.60. The molecule has 7 aromatic rings. The average Bonchev–Trinajstić information content (AvgIpc) is 3.04. The first-order valence-corrected chi connectivity index (χ1v) is 15.2. The first-order valence-electron chi connectivity index (χ1n) is 13.6. The Morgan fingerprint density at radius 1 is 0.366 bits per heavy atom. The quantitative estimate of drug-likeness (QED) is 0.178. The van der Waals surface area contributed by atoms with E-state index in [0.29, 0.717) is 0 Å². The maximum absolute atomic E-state index is 4.06. The normalized spacial score (nSPS) is 11.2. The molecule has 0 aromatic heterocycles. The molecular formula is C38H25Br2N. The van der Waals surface area contributed by atoms with Crippen molar-refractivity contribution in [3.05, 3.63) is 161 Å². The molecule has 0 amide bonds. The Morgan fingerprint density at radius 3 is 1.24 bits per heavy atom. The molecule has 0 fully saturated rings. The van der Waals surface area contributed by atoms with E-state index < -0.39 is 0 Å². The fraction of sp³-hybridized carbons (Fsp3) is 0. The number of rotatable bonds is 5. The van der Waals surface area contributed by atoms with Crippen LogP contribution in [0, 0.1) is 0 Å². The van der Waals surface area contributed by atoms with E-state index >= 15 is 0 Å². The molecule has 0 N–H and O–H groups in total. The van der Waals surface area contributed by atoms with Gasteiger partial charge in [-0.15, -0.1) is 0 Å². The van der Waals surface area contributed by atoms with Crippen molar-refractivity contribution in [2.75, 3.05) is 4.90 Å². The summed E-state index contributed by atoms with van der Waals surface area (Å²) in [6.45, 7) is 0. The second-order valence-corrected chi connectivity index (χ2v) is 11.6. The Morgan fingerprint density at radius 2 is 0.780 bits per heavy atom. The number of nitrogens with zero attached hydrogens (tertiary/aromatic N) is 1. The maximum atomic E-state index is 4.06. The fourth-order valence-corrected chi connectivity index (χ4v) is 6.99. The SMILES string of the molecule is Brc1c(N(c2ccc3ccccc3c2Br)c2c(-c3ccccc3)cccc2-c2ccccc2)ccc2ccccc12. The molecule has 0 bridgehead atoms. The zero-order chi connectivity index (χ0) is 27.8. The van der Waals surface area contributed by atoms with Gasteiger partial charge in [0.2, 0.25) is 0 Å². The van der Waals surface area contributed by atoms with E-state index in [0.717, 1.165) is 37.1 Å². The van der Waals surface area contributed by atoms with Crippen LogP contribution in [0.4, 0.5) is 17.1 Å². The van der Waals surface area contributed by atoms with Crippen molar-refractivity contribution in [2.45, 2.75) is 0 Å². The van der Waals surface area contributed by atoms with Gasteiger partial charge in [-0.05, 0) is 76.7 Å². The van der Waals surface area contributed by atoms with Gasteiger partial charge in [0.15, 0.2) is 0 Å². The Bertz CT molecular complexity index is 1870. The molecule has 0 saturated heterocycles. The van der Waals surface area contributed by atoms with Crippen LogP contribution in [0.3, 0.4) is 0 Å². The van der Waals surface area contributed by atoms with E-state index in [2.05, 4.69) is 188 Å². The van der Waals surface area contributed by atoms with E-state index in [4.69, 9.17) is 0 Å². The van der Waals surface area contributed by atoms with Crippen LogP contribution in [0.1, 0.15) is 0 Å². The monoisotopic (exact) mass is 653 g/mol. The third kappa shape index (κ3) is 4.65. The van der Waals surface area contributed by atoms with Crippen molar-refractivity contribution in [3.8, 4) is 22.3 Å². The highest BCUT2D eigenvalue weighted by molar-refractivity contribution is 9.11.